The molecular formula is C26H32N2O3S. The Morgan fingerprint density at radius 3 is 2.59 bits per heavy atom. The lowest BCUT2D eigenvalue weighted by molar-refractivity contribution is -0.149. The SMILES string of the molecule is CCOC(=O)C1CCCN(C(=O)c2cc3sccc3n2Cc2ccc(C(C)(C)C)cc2)C1. The van der Waals surface area contributed by atoms with Gasteiger partial charge in [-0.1, -0.05) is 45.0 Å². The minimum Gasteiger partial charge on any atom is -0.466 e. The van der Waals surface area contributed by atoms with Crippen LogP contribution in [0.1, 0.15) is 62.2 Å². The van der Waals surface area contributed by atoms with E-state index in [1.807, 2.05) is 17.9 Å². The second kappa shape index (κ2) is 9.10. The van der Waals surface area contributed by atoms with Gasteiger partial charge < -0.3 is 14.2 Å². The van der Waals surface area contributed by atoms with Gasteiger partial charge >= 0.3 is 5.97 Å². The normalized spacial score (nSPS) is 17.0. The number of fused-ring (bicyclic) bond motifs is 1. The van der Waals surface area contributed by atoms with Gasteiger partial charge in [0.05, 0.1) is 22.7 Å². The van der Waals surface area contributed by atoms with E-state index < -0.39 is 0 Å². The third-order valence-corrected chi connectivity index (χ3v) is 7.08. The first-order valence-electron chi connectivity index (χ1n) is 11.4. The second-order valence-corrected chi connectivity index (χ2v) is 10.5. The van der Waals surface area contributed by atoms with Gasteiger partial charge in [-0.15, -0.1) is 11.3 Å². The highest BCUT2D eigenvalue weighted by atomic mass is 32.1. The summed E-state index contributed by atoms with van der Waals surface area (Å²) in [6, 6.07) is 12.8. The highest BCUT2D eigenvalue weighted by Gasteiger charge is 2.31. The van der Waals surface area contributed by atoms with Crippen molar-refractivity contribution in [2.45, 2.75) is 52.5 Å². The Balaban J connectivity index is 1.60. The summed E-state index contributed by atoms with van der Waals surface area (Å²) >= 11 is 1.65. The number of esters is 1. The van der Waals surface area contributed by atoms with E-state index in [1.165, 1.54) is 11.1 Å². The number of aromatic nitrogens is 1. The van der Waals surface area contributed by atoms with Crippen LogP contribution in [0.5, 0.6) is 0 Å². The molecule has 4 rings (SSSR count). The molecule has 0 N–H and O–H groups in total. The van der Waals surface area contributed by atoms with Crippen LogP contribution in [0, 0.1) is 5.92 Å². The molecule has 1 aliphatic heterocycles. The van der Waals surface area contributed by atoms with Crippen LogP contribution in [0.3, 0.4) is 0 Å². The van der Waals surface area contributed by atoms with Crippen LogP contribution in [0.25, 0.3) is 10.2 Å². The number of carbonyl (C=O) groups is 2. The molecule has 6 heteroatoms. The van der Waals surface area contributed by atoms with Crippen LogP contribution in [-0.4, -0.2) is 41.0 Å². The van der Waals surface area contributed by atoms with Crippen LogP contribution < -0.4 is 0 Å². The van der Waals surface area contributed by atoms with Crippen molar-refractivity contribution in [1.82, 2.24) is 9.47 Å². The number of amides is 1. The molecule has 0 spiro atoms. The number of hydrogen-bond acceptors (Lipinski definition) is 4. The predicted octanol–water partition coefficient (Wildman–Crippen LogP) is 5.46. The van der Waals surface area contributed by atoms with Gasteiger partial charge in [0, 0.05) is 19.6 Å². The molecule has 1 saturated heterocycles. The van der Waals surface area contributed by atoms with E-state index in [2.05, 4.69) is 61.1 Å². The third kappa shape index (κ3) is 4.60. The smallest absolute Gasteiger partial charge is 0.310 e. The Hall–Kier alpha value is -2.60. The van der Waals surface area contributed by atoms with Gasteiger partial charge in [-0.3, -0.25) is 9.59 Å². The van der Waals surface area contributed by atoms with E-state index in [1.54, 1.807) is 11.3 Å². The number of ether oxygens (including phenoxy) is 1. The summed E-state index contributed by atoms with van der Waals surface area (Å²) in [5.41, 5.74) is 4.34. The van der Waals surface area contributed by atoms with E-state index in [0.717, 1.165) is 23.1 Å². The largest absolute Gasteiger partial charge is 0.466 e. The van der Waals surface area contributed by atoms with Crippen LogP contribution in [-0.2, 0) is 21.5 Å². The quantitative estimate of drug-likeness (QED) is 0.483. The van der Waals surface area contributed by atoms with Crippen LogP contribution in [0.15, 0.2) is 41.8 Å². The van der Waals surface area contributed by atoms with Gasteiger partial charge in [0.2, 0.25) is 0 Å². The Morgan fingerprint density at radius 1 is 1.16 bits per heavy atom. The van der Waals surface area contributed by atoms with Crippen molar-refractivity contribution in [3.05, 3.63) is 58.6 Å². The summed E-state index contributed by atoms with van der Waals surface area (Å²) in [4.78, 5) is 27.6. The zero-order valence-corrected chi connectivity index (χ0v) is 20.2. The molecule has 0 radical (unpaired) electrons. The lowest BCUT2D eigenvalue weighted by Gasteiger charge is -2.31. The van der Waals surface area contributed by atoms with Gasteiger partial charge in [0.1, 0.15) is 5.69 Å². The summed E-state index contributed by atoms with van der Waals surface area (Å²) in [5.74, 6) is -0.434. The Labute approximate surface area is 194 Å². The molecule has 3 heterocycles. The van der Waals surface area contributed by atoms with Crippen LogP contribution >= 0.6 is 11.3 Å². The van der Waals surface area contributed by atoms with Crippen LogP contribution in [0.4, 0.5) is 0 Å². The molecule has 1 fully saturated rings. The molecule has 1 aliphatic rings. The fourth-order valence-corrected chi connectivity index (χ4v) is 5.22. The molecule has 1 unspecified atom stereocenters. The Kier molecular flexibility index (Phi) is 6.42. The lowest BCUT2D eigenvalue weighted by Crippen LogP contribution is -2.43. The summed E-state index contributed by atoms with van der Waals surface area (Å²) in [6.07, 6.45) is 1.59. The number of hydrogen-bond donors (Lipinski definition) is 0. The third-order valence-electron chi connectivity index (χ3n) is 6.23. The molecule has 1 atom stereocenters. The maximum absolute atomic E-state index is 13.5. The molecule has 3 aromatic rings. The molecule has 0 saturated carbocycles. The zero-order valence-electron chi connectivity index (χ0n) is 19.4. The van der Waals surface area contributed by atoms with Gasteiger partial charge in [0.25, 0.3) is 5.91 Å². The standard InChI is InChI=1S/C26H32N2O3S/c1-5-31-25(30)19-7-6-13-27(17-19)24(29)22-15-23-21(12-14-32-23)28(22)16-18-8-10-20(11-9-18)26(2,3)4/h8-12,14-15,19H,5-7,13,16-17H2,1-4H3. The average molecular weight is 453 g/mol. The van der Waals surface area contributed by atoms with E-state index in [9.17, 15) is 9.59 Å². The van der Waals surface area contributed by atoms with Crippen molar-refractivity contribution >= 4 is 33.4 Å². The van der Waals surface area contributed by atoms with Crippen LogP contribution in [0.2, 0.25) is 0 Å². The van der Waals surface area contributed by atoms with Gasteiger partial charge in [-0.25, -0.2) is 0 Å². The molecule has 32 heavy (non-hydrogen) atoms. The molecule has 2 aromatic heterocycles. The van der Waals surface area contributed by atoms with E-state index in [-0.39, 0.29) is 23.2 Å². The summed E-state index contributed by atoms with van der Waals surface area (Å²) in [6.45, 7) is 10.6. The topological polar surface area (TPSA) is 51.5 Å². The van der Waals surface area contributed by atoms with Gasteiger partial charge in [0.15, 0.2) is 0 Å². The predicted molar refractivity (Wildman–Crippen MR) is 129 cm³/mol. The van der Waals surface area contributed by atoms with Crippen molar-refractivity contribution in [1.29, 1.82) is 0 Å². The highest BCUT2D eigenvalue weighted by molar-refractivity contribution is 7.17. The fourth-order valence-electron chi connectivity index (χ4n) is 4.39. The van der Waals surface area contributed by atoms with Crippen molar-refractivity contribution in [2.24, 2.45) is 5.92 Å². The molecule has 170 valence electrons. The lowest BCUT2D eigenvalue weighted by atomic mass is 9.87. The molecule has 0 aliphatic carbocycles. The number of rotatable bonds is 5. The first-order valence-corrected chi connectivity index (χ1v) is 12.3. The Bertz CT molecular complexity index is 1100. The average Bonchev–Trinajstić information content (AvgIpc) is 3.36. The molecule has 1 aromatic carbocycles. The first kappa shape index (κ1) is 22.6. The minimum absolute atomic E-state index is 0.00582. The minimum atomic E-state index is -0.234. The monoisotopic (exact) mass is 452 g/mol. The summed E-state index contributed by atoms with van der Waals surface area (Å²) in [7, 11) is 0. The number of piperidine rings is 1. The number of nitrogens with zero attached hydrogens (tertiary/aromatic N) is 2. The van der Waals surface area contributed by atoms with E-state index in [4.69, 9.17) is 4.74 Å². The molecule has 5 nitrogen and oxygen atoms in total. The molecular weight excluding hydrogens is 420 g/mol. The fraction of sp³-hybridized carbons (Fsp3) is 0.462. The van der Waals surface area contributed by atoms with Crippen molar-refractivity contribution < 1.29 is 14.3 Å². The summed E-state index contributed by atoms with van der Waals surface area (Å²) < 4.78 is 8.44. The molecule has 1 amide bonds. The Morgan fingerprint density at radius 2 is 1.91 bits per heavy atom. The number of likely N-dealkylation sites (tertiary alicyclic amines) is 1. The number of benzene rings is 1. The number of carbonyl (C=O) groups excluding carboxylic acids is 2. The van der Waals surface area contributed by atoms with Gasteiger partial charge in [-0.2, -0.15) is 0 Å². The second-order valence-electron chi connectivity index (χ2n) is 9.58. The number of thiophene rings is 1. The van der Waals surface area contributed by atoms with E-state index >= 15 is 0 Å². The zero-order chi connectivity index (χ0) is 22.9. The van der Waals surface area contributed by atoms with Crippen molar-refractivity contribution in [3.63, 3.8) is 0 Å². The first-order chi connectivity index (χ1) is 15.3. The highest BCUT2D eigenvalue weighted by Crippen LogP contribution is 2.29. The van der Waals surface area contributed by atoms with Crippen molar-refractivity contribution in [3.8, 4) is 0 Å². The maximum Gasteiger partial charge on any atom is 0.310 e. The maximum atomic E-state index is 13.5. The molecule has 0 bridgehead atoms. The summed E-state index contributed by atoms with van der Waals surface area (Å²) in [5, 5.41) is 2.07. The van der Waals surface area contributed by atoms with Gasteiger partial charge in [-0.05, 0) is 53.8 Å². The van der Waals surface area contributed by atoms with Crippen molar-refractivity contribution in [2.75, 3.05) is 19.7 Å². The van der Waals surface area contributed by atoms with E-state index in [0.29, 0.717) is 31.9 Å².